The second-order valence-electron chi connectivity index (χ2n) is 12.3. The van der Waals surface area contributed by atoms with Gasteiger partial charge in [-0.25, -0.2) is 0 Å². The molecule has 19 nitrogen and oxygen atoms in total. The van der Waals surface area contributed by atoms with Crippen LogP contribution in [0, 0.1) is 0 Å². The first-order valence-corrected chi connectivity index (χ1v) is 17.0. The number of carbonyl (C=O) groups is 3. The Morgan fingerprint density at radius 2 is 0.811 bits per heavy atom. The number of aromatic nitrogens is 3. The molecule has 3 heterocycles. The maximum atomic E-state index is 12.9. The molecule has 0 aromatic carbocycles. The van der Waals surface area contributed by atoms with Crippen LogP contribution in [0.5, 0.6) is 17.2 Å². The highest BCUT2D eigenvalue weighted by molar-refractivity contribution is 5.96. The minimum atomic E-state index is -0.921. The Balaban J connectivity index is 1.67. The van der Waals surface area contributed by atoms with Crippen molar-refractivity contribution < 1.29 is 45.0 Å². The number of hydrogen-bond donors (Lipinski definition) is 10. The lowest BCUT2D eigenvalue weighted by molar-refractivity contribution is 0.0929. The Morgan fingerprint density at radius 1 is 0.547 bits per heavy atom. The van der Waals surface area contributed by atoms with Gasteiger partial charge in [-0.15, -0.1) is 0 Å². The molecule has 0 bridgehead atoms. The monoisotopic (exact) mass is 745 g/mol. The molecule has 3 aromatic rings. The molecule has 0 saturated carbocycles. The summed E-state index contributed by atoms with van der Waals surface area (Å²) >= 11 is 0. The molecule has 0 atom stereocenters. The highest BCUT2D eigenvalue weighted by atomic mass is 16.3. The highest BCUT2D eigenvalue weighted by Crippen LogP contribution is 2.23. The van der Waals surface area contributed by atoms with Gasteiger partial charge in [-0.3, -0.25) is 28.8 Å². The number of aliphatic hydroxyl groups excluding tert-OH is 3. The molecule has 3 rings (SSSR count). The first-order chi connectivity index (χ1) is 25.3. The lowest BCUT2D eigenvalue weighted by Gasteiger charge is -2.30. The Bertz CT molecular complexity index is 1710. The van der Waals surface area contributed by atoms with E-state index in [0.717, 1.165) is 18.2 Å². The van der Waals surface area contributed by atoms with Gasteiger partial charge in [0.15, 0.2) is 34.3 Å². The van der Waals surface area contributed by atoms with Crippen molar-refractivity contribution in [3.63, 3.8) is 0 Å². The van der Waals surface area contributed by atoms with Crippen molar-refractivity contribution >= 4 is 17.7 Å². The van der Waals surface area contributed by atoms with Crippen molar-refractivity contribution in [2.24, 2.45) is 5.73 Å². The maximum absolute atomic E-state index is 12.9. The molecule has 0 saturated heterocycles. The van der Waals surface area contributed by atoms with E-state index < -0.39 is 56.8 Å². The van der Waals surface area contributed by atoms with E-state index in [0.29, 0.717) is 38.5 Å². The fourth-order valence-corrected chi connectivity index (χ4v) is 5.84. The molecule has 0 fully saturated rings. The molecule has 0 aliphatic heterocycles. The van der Waals surface area contributed by atoms with E-state index in [9.17, 15) is 59.4 Å². The van der Waals surface area contributed by atoms with Crippen molar-refractivity contribution in [2.45, 2.75) is 63.7 Å². The number of hydrogen-bond acceptors (Lipinski definition) is 13. The topological polar surface area (TPSA) is 301 Å². The van der Waals surface area contributed by atoms with Crippen LogP contribution in [-0.4, -0.2) is 107 Å². The number of pyridine rings is 3. The van der Waals surface area contributed by atoms with Gasteiger partial charge >= 0.3 is 0 Å². The van der Waals surface area contributed by atoms with Crippen molar-refractivity contribution in [2.75, 3.05) is 39.5 Å². The van der Waals surface area contributed by atoms with Crippen LogP contribution < -0.4 is 38.0 Å². The molecule has 3 aromatic heterocycles. The molecule has 3 amide bonds. The van der Waals surface area contributed by atoms with Gasteiger partial charge in [-0.05, 0) is 38.5 Å². The average molecular weight is 746 g/mol. The third-order valence-electron chi connectivity index (χ3n) is 8.53. The molecule has 0 aliphatic carbocycles. The number of nitrogens with zero attached hydrogens (tertiary/aromatic N) is 3. The van der Waals surface area contributed by atoms with Crippen molar-refractivity contribution in [3.8, 4) is 17.2 Å². The predicted octanol–water partition coefficient (Wildman–Crippen LogP) is -2.11. The fraction of sp³-hybridized carbons (Fsp3) is 0.471. The van der Waals surface area contributed by atoms with E-state index in [2.05, 4.69) is 16.0 Å². The number of rotatable bonds is 21. The van der Waals surface area contributed by atoms with E-state index in [4.69, 9.17) is 5.73 Å². The molecule has 53 heavy (non-hydrogen) atoms. The third-order valence-corrected chi connectivity index (χ3v) is 8.53. The van der Waals surface area contributed by atoms with Gasteiger partial charge < -0.3 is 66.0 Å². The molecule has 0 spiro atoms. The fourth-order valence-electron chi connectivity index (χ4n) is 5.84. The van der Waals surface area contributed by atoms with E-state index in [1.165, 1.54) is 32.3 Å². The summed E-state index contributed by atoms with van der Waals surface area (Å²) < 4.78 is 3.75. The number of aromatic hydroxyl groups is 3. The molecule has 19 heteroatoms. The van der Waals surface area contributed by atoms with Crippen LogP contribution in [0.4, 0.5) is 0 Å². The summed E-state index contributed by atoms with van der Waals surface area (Å²) in [6.45, 7) is -0.906. The SMILES string of the molecule is NC(CCCNC(=O)c1c(O)c(=O)ccn1CCO)(CCCNC(=O)c1c(O)c(=O)ccn1CCO)CCCNC(=O)c1c(O)c(=O)ccn1CCO. The van der Waals surface area contributed by atoms with Gasteiger partial charge in [-0.2, -0.15) is 0 Å². The number of amides is 3. The van der Waals surface area contributed by atoms with E-state index in [-0.39, 0.29) is 76.2 Å². The van der Waals surface area contributed by atoms with Gasteiger partial charge in [0.25, 0.3) is 17.7 Å². The maximum Gasteiger partial charge on any atom is 0.271 e. The molecule has 290 valence electrons. The Kier molecular flexibility index (Phi) is 15.8. The Hall–Kier alpha value is -5.50. The van der Waals surface area contributed by atoms with Crippen molar-refractivity contribution in [1.29, 1.82) is 0 Å². The summed E-state index contributed by atoms with van der Waals surface area (Å²) in [6, 6.07) is 3.22. The first kappa shape index (κ1) is 41.9. The van der Waals surface area contributed by atoms with Crippen LogP contribution in [0.2, 0.25) is 0 Å². The van der Waals surface area contributed by atoms with Gasteiger partial charge in [0.05, 0.1) is 19.8 Å². The van der Waals surface area contributed by atoms with E-state index in [1.54, 1.807) is 0 Å². The van der Waals surface area contributed by atoms with E-state index in [1.807, 2.05) is 0 Å². The molecule has 0 unspecified atom stereocenters. The van der Waals surface area contributed by atoms with Crippen LogP contribution >= 0.6 is 0 Å². The lowest BCUT2D eigenvalue weighted by Crippen LogP contribution is -2.42. The average Bonchev–Trinajstić information content (AvgIpc) is 3.12. The van der Waals surface area contributed by atoms with Crippen LogP contribution in [-0.2, 0) is 19.6 Å². The summed E-state index contributed by atoms with van der Waals surface area (Å²) in [5.41, 5.74) is 2.71. The molecular weight excluding hydrogens is 698 g/mol. The number of nitrogens with one attached hydrogen (secondary N) is 3. The molecule has 0 radical (unpaired) electrons. The normalized spacial score (nSPS) is 11.3. The Labute approximate surface area is 302 Å². The minimum absolute atomic E-state index is 0.0394. The number of aliphatic hydroxyl groups is 3. The zero-order chi connectivity index (χ0) is 39.1. The van der Waals surface area contributed by atoms with Crippen molar-refractivity contribution in [3.05, 3.63) is 84.5 Å². The van der Waals surface area contributed by atoms with Gasteiger partial charge in [-0.1, -0.05) is 0 Å². The first-order valence-electron chi connectivity index (χ1n) is 17.0. The second-order valence-corrected chi connectivity index (χ2v) is 12.3. The van der Waals surface area contributed by atoms with E-state index >= 15 is 0 Å². The van der Waals surface area contributed by atoms with Crippen molar-refractivity contribution in [1.82, 2.24) is 29.7 Å². The molecular formula is C34H47N7O12. The van der Waals surface area contributed by atoms with Crippen LogP contribution in [0.3, 0.4) is 0 Å². The summed E-state index contributed by atoms with van der Waals surface area (Å²) in [6.07, 6.45) is 5.81. The lowest BCUT2D eigenvalue weighted by atomic mass is 9.84. The van der Waals surface area contributed by atoms with Crippen LogP contribution in [0.25, 0.3) is 0 Å². The quantitative estimate of drug-likeness (QED) is 0.0523. The summed E-state index contributed by atoms with van der Waals surface area (Å²) in [7, 11) is 0. The van der Waals surface area contributed by atoms with Crippen LogP contribution in [0.15, 0.2) is 51.2 Å². The van der Waals surface area contributed by atoms with Gasteiger partial charge in [0, 0.05) is 81.6 Å². The second kappa shape index (κ2) is 19.9. The summed E-state index contributed by atoms with van der Waals surface area (Å²) in [5, 5.41) is 66.6. The van der Waals surface area contributed by atoms with Gasteiger partial charge in [0.2, 0.25) is 16.3 Å². The minimum Gasteiger partial charge on any atom is -0.503 e. The van der Waals surface area contributed by atoms with Gasteiger partial charge in [0.1, 0.15) is 0 Å². The zero-order valence-electron chi connectivity index (χ0n) is 29.1. The molecule has 0 aliphatic rings. The highest BCUT2D eigenvalue weighted by Gasteiger charge is 2.26. The third kappa shape index (κ3) is 11.2. The van der Waals surface area contributed by atoms with Crippen LogP contribution in [0.1, 0.15) is 70.0 Å². The number of nitrogens with two attached hydrogens (primary N) is 1. The smallest absolute Gasteiger partial charge is 0.271 e. The Morgan fingerprint density at radius 3 is 1.06 bits per heavy atom. The number of carbonyl (C=O) groups excluding carboxylic acids is 3. The standard InChI is InChI=1S/C34H47N7O12/c35-34(7-1-10-36-31(51)25-28(48)22(45)4-13-39(25)16-19-42,8-2-11-37-32(52)26-29(49)23(46)5-14-40(26)17-20-43)9-3-12-38-33(53)27-30(50)24(47)6-15-41(27)18-21-44/h4-6,13-15,42-44,48-50H,1-3,7-12,16-21,35H2,(H,36,51)(H,37,52)(H,38,53). The predicted molar refractivity (Wildman–Crippen MR) is 190 cm³/mol. The summed E-state index contributed by atoms with van der Waals surface area (Å²) in [5.74, 6) is -4.50. The molecule has 11 N–H and O–H groups in total. The zero-order valence-corrected chi connectivity index (χ0v) is 29.1. The summed E-state index contributed by atoms with van der Waals surface area (Å²) in [4.78, 5) is 74.6. The largest absolute Gasteiger partial charge is 0.503 e.